The summed E-state index contributed by atoms with van der Waals surface area (Å²) in [5, 5.41) is 1.25. The molecule has 1 aliphatic rings. The molecule has 0 unspecified atom stereocenters. The molecular formula is C24H25ClN2O5S. The fraction of sp³-hybridized carbons (Fsp3) is 0.292. The highest BCUT2D eigenvalue weighted by atomic mass is 35.5. The average Bonchev–Trinajstić information content (AvgIpc) is 3.09. The van der Waals surface area contributed by atoms with E-state index in [9.17, 15) is 9.59 Å². The van der Waals surface area contributed by atoms with Crippen molar-refractivity contribution in [2.45, 2.75) is 20.3 Å². The van der Waals surface area contributed by atoms with Crippen molar-refractivity contribution in [3.63, 3.8) is 0 Å². The van der Waals surface area contributed by atoms with Gasteiger partial charge in [-0.25, -0.2) is 9.79 Å². The van der Waals surface area contributed by atoms with Gasteiger partial charge in [0.15, 0.2) is 23.3 Å². The summed E-state index contributed by atoms with van der Waals surface area (Å²) in [5.41, 5.74) is 1.48. The third kappa shape index (κ3) is 6.52. The van der Waals surface area contributed by atoms with E-state index < -0.39 is 5.97 Å². The molecule has 1 aliphatic heterocycles. The zero-order valence-electron chi connectivity index (χ0n) is 18.7. The first-order valence-electron chi connectivity index (χ1n) is 10.5. The number of thioether (sulfide) groups is 1. The maximum Gasteiger partial charge on any atom is 0.344 e. The second-order valence-corrected chi connectivity index (χ2v) is 8.39. The smallest absolute Gasteiger partial charge is 0.344 e. The lowest BCUT2D eigenvalue weighted by molar-refractivity contribution is -0.145. The Morgan fingerprint density at radius 1 is 1.15 bits per heavy atom. The van der Waals surface area contributed by atoms with E-state index in [0.29, 0.717) is 33.1 Å². The van der Waals surface area contributed by atoms with Crippen LogP contribution in [0.5, 0.6) is 11.5 Å². The Morgan fingerprint density at radius 3 is 2.58 bits per heavy atom. The van der Waals surface area contributed by atoms with Crippen LogP contribution in [0.4, 0.5) is 5.69 Å². The third-order valence-electron chi connectivity index (χ3n) is 4.52. The van der Waals surface area contributed by atoms with E-state index in [2.05, 4.69) is 4.99 Å². The van der Waals surface area contributed by atoms with Gasteiger partial charge >= 0.3 is 5.97 Å². The van der Waals surface area contributed by atoms with Crippen molar-refractivity contribution in [3.05, 3.63) is 58.0 Å². The Labute approximate surface area is 202 Å². The van der Waals surface area contributed by atoms with Crippen molar-refractivity contribution < 1.29 is 23.8 Å². The molecule has 1 heterocycles. The lowest BCUT2D eigenvalue weighted by Crippen LogP contribution is -2.29. The molecule has 0 aromatic heterocycles. The molecule has 7 nitrogen and oxygen atoms in total. The minimum Gasteiger partial charge on any atom is -0.493 e. The molecular weight excluding hydrogens is 464 g/mol. The van der Waals surface area contributed by atoms with Gasteiger partial charge < -0.3 is 14.2 Å². The number of carbonyl (C=O) groups excluding carboxylic acids is 2. The predicted molar refractivity (Wildman–Crippen MR) is 131 cm³/mol. The molecule has 1 amide bonds. The summed E-state index contributed by atoms with van der Waals surface area (Å²) < 4.78 is 15.8. The van der Waals surface area contributed by atoms with Crippen LogP contribution in [0.1, 0.15) is 25.8 Å². The van der Waals surface area contributed by atoms with E-state index in [1.807, 2.05) is 19.1 Å². The summed E-state index contributed by atoms with van der Waals surface area (Å²) in [5.74, 6) is 0.304. The number of esters is 1. The molecule has 0 spiro atoms. The number of nitrogens with zero attached hydrogens (tertiary/aromatic N) is 2. The zero-order chi connectivity index (χ0) is 23.8. The number of halogens is 1. The van der Waals surface area contributed by atoms with E-state index in [1.165, 1.54) is 18.9 Å². The summed E-state index contributed by atoms with van der Waals surface area (Å²) in [6.45, 7) is 4.39. The van der Waals surface area contributed by atoms with Crippen LogP contribution in [0.2, 0.25) is 5.02 Å². The second-order valence-electron chi connectivity index (χ2n) is 6.94. The molecule has 9 heteroatoms. The van der Waals surface area contributed by atoms with Crippen molar-refractivity contribution in [2.24, 2.45) is 4.99 Å². The maximum atomic E-state index is 13.0. The first-order chi connectivity index (χ1) is 15.9. The minimum absolute atomic E-state index is 0.101. The first-order valence-corrected chi connectivity index (χ1v) is 11.7. The standard InChI is InChI=1S/C24H25ClN2O5S/c1-4-12-27-23(29)21(33-24(27)26-18-9-7-17(25)8-10-18)14-16-6-11-19(20(13-16)30-3)32-15-22(28)31-5-2/h6-11,13-14H,4-5,12,15H2,1-3H3/b21-14-,26-24?. The average molecular weight is 489 g/mol. The van der Waals surface area contributed by atoms with Gasteiger partial charge in [-0.3, -0.25) is 9.69 Å². The van der Waals surface area contributed by atoms with E-state index >= 15 is 0 Å². The van der Waals surface area contributed by atoms with E-state index in [0.717, 1.165) is 17.7 Å². The van der Waals surface area contributed by atoms with Crippen molar-refractivity contribution >= 4 is 52.2 Å². The second kappa shape index (κ2) is 11.8. The van der Waals surface area contributed by atoms with Gasteiger partial charge in [-0.2, -0.15) is 0 Å². The molecule has 2 aromatic rings. The van der Waals surface area contributed by atoms with Gasteiger partial charge in [0.05, 0.1) is 24.3 Å². The van der Waals surface area contributed by atoms with Gasteiger partial charge in [-0.15, -0.1) is 0 Å². The number of ether oxygens (including phenoxy) is 3. The lowest BCUT2D eigenvalue weighted by Gasteiger charge is -2.14. The summed E-state index contributed by atoms with van der Waals surface area (Å²) in [6.07, 6.45) is 2.59. The van der Waals surface area contributed by atoms with Crippen molar-refractivity contribution in [3.8, 4) is 11.5 Å². The highest BCUT2D eigenvalue weighted by molar-refractivity contribution is 8.18. The fourth-order valence-electron chi connectivity index (χ4n) is 3.02. The Balaban J connectivity index is 1.83. The van der Waals surface area contributed by atoms with Crippen LogP contribution >= 0.6 is 23.4 Å². The Bertz CT molecular complexity index is 1070. The molecule has 1 saturated heterocycles. The Morgan fingerprint density at radius 2 is 1.91 bits per heavy atom. The number of carbonyl (C=O) groups is 2. The summed E-state index contributed by atoms with van der Waals surface area (Å²) in [6, 6.07) is 12.4. The number of amidine groups is 1. The van der Waals surface area contributed by atoms with E-state index in [4.69, 9.17) is 25.8 Å². The number of rotatable bonds is 9. The number of aliphatic imine (C=N–C) groups is 1. The van der Waals surface area contributed by atoms with Crippen LogP contribution in [-0.4, -0.2) is 48.8 Å². The van der Waals surface area contributed by atoms with Crippen LogP contribution in [0, 0.1) is 0 Å². The van der Waals surface area contributed by atoms with Gasteiger partial charge in [0.2, 0.25) is 0 Å². The van der Waals surface area contributed by atoms with Crippen LogP contribution in [0.25, 0.3) is 6.08 Å². The normalized spacial score (nSPS) is 15.9. The van der Waals surface area contributed by atoms with E-state index in [1.54, 1.807) is 48.2 Å². The van der Waals surface area contributed by atoms with Crippen molar-refractivity contribution in [1.82, 2.24) is 4.90 Å². The first kappa shape index (κ1) is 24.7. The molecule has 0 atom stereocenters. The molecule has 2 aromatic carbocycles. The van der Waals surface area contributed by atoms with Gasteiger partial charge in [-0.1, -0.05) is 24.6 Å². The Kier molecular flexibility index (Phi) is 8.79. The number of methoxy groups -OCH3 is 1. The van der Waals surface area contributed by atoms with Crippen LogP contribution in [0.3, 0.4) is 0 Å². The zero-order valence-corrected chi connectivity index (χ0v) is 20.2. The molecule has 0 radical (unpaired) electrons. The minimum atomic E-state index is -0.456. The molecule has 1 fully saturated rings. The van der Waals surface area contributed by atoms with Crippen LogP contribution in [0.15, 0.2) is 52.4 Å². The molecule has 3 rings (SSSR count). The molecule has 0 N–H and O–H groups in total. The number of hydrogen-bond acceptors (Lipinski definition) is 7. The topological polar surface area (TPSA) is 77.4 Å². The fourth-order valence-corrected chi connectivity index (χ4v) is 4.17. The molecule has 0 aliphatic carbocycles. The van der Waals surface area contributed by atoms with Crippen molar-refractivity contribution in [2.75, 3.05) is 26.9 Å². The Hall–Kier alpha value is -2.97. The van der Waals surface area contributed by atoms with Crippen LogP contribution in [-0.2, 0) is 14.3 Å². The number of amides is 1. The number of benzene rings is 2. The highest BCUT2D eigenvalue weighted by Crippen LogP contribution is 2.36. The quantitative estimate of drug-likeness (QED) is 0.352. The predicted octanol–water partition coefficient (Wildman–Crippen LogP) is 5.30. The van der Waals surface area contributed by atoms with Crippen LogP contribution < -0.4 is 9.47 Å². The third-order valence-corrected chi connectivity index (χ3v) is 5.78. The van der Waals surface area contributed by atoms with Crippen molar-refractivity contribution in [1.29, 1.82) is 0 Å². The van der Waals surface area contributed by atoms with Gasteiger partial charge in [0, 0.05) is 11.6 Å². The molecule has 0 bridgehead atoms. The van der Waals surface area contributed by atoms with E-state index in [-0.39, 0.29) is 19.1 Å². The summed E-state index contributed by atoms with van der Waals surface area (Å²) in [7, 11) is 1.51. The maximum absolute atomic E-state index is 13.0. The summed E-state index contributed by atoms with van der Waals surface area (Å²) >= 11 is 7.28. The molecule has 33 heavy (non-hydrogen) atoms. The molecule has 174 valence electrons. The largest absolute Gasteiger partial charge is 0.493 e. The molecule has 0 saturated carbocycles. The highest BCUT2D eigenvalue weighted by Gasteiger charge is 2.32. The van der Waals surface area contributed by atoms with Gasteiger partial charge in [0.25, 0.3) is 5.91 Å². The number of hydrogen-bond donors (Lipinski definition) is 0. The van der Waals surface area contributed by atoms with Gasteiger partial charge in [-0.05, 0) is 73.1 Å². The lowest BCUT2D eigenvalue weighted by atomic mass is 10.2. The monoisotopic (exact) mass is 488 g/mol. The summed E-state index contributed by atoms with van der Waals surface area (Å²) in [4.78, 5) is 31.5. The van der Waals surface area contributed by atoms with Gasteiger partial charge in [0.1, 0.15) is 0 Å². The SMILES string of the molecule is CCCN1C(=O)/C(=C/c2ccc(OCC(=O)OCC)c(OC)c2)SC1=Nc1ccc(Cl)cc1.